The molecule has 4 aliphatic rings. The molecule has 2 aliphatic carbocycles. The summed E-state index contributed by atoms with van der Waals surface area (Å²) in [4.78, 5) is 2.61. The van der Waals surface area contributed by atoms with Gasteiger partial charge >= 0.3 is 0 Å². The molecule has 0 radical (unpaired) electrons. The van der Waals surface area contributed by atoms with Crippen LogP contribution in [0.5, 0.6) is 0 Å². The summed E-state index contributed by atoms with van der Waals surface area (Å²) in [6, 6.07) is 1.68. The van der Waals surface area contributed by atoms with Gasteiger partial charge in [-0.25, -0.2) is 0 Å². The highest BCUT2D eigenvalue weighted by atomic mass is 15.2. The van der Waals surface area contributed by atoms with E-state index in [1.807, 2.05) is 0 Å². The molecular formula is C11H17N. The van der Waals surface area contributed by atoms with Crippen molar-refractivity contribution in [3.63, 3.8) is 0 Å². The lowest BCUT2D eigenvalue weighted by Crippen LogP contribution is -2.55. The van der Waals surface area contributed by atoms with Gasteiger partial charge in [0.15, 0.2) is 0 Å². The van der Waals surface area contributed by atoms with Gasteiger partial charge in [-0.3, -0.25) is 4.90 Å². The fourth-order valence-electron chi connectivity index (χ4n) is 3.52. The summed E-state index contributed by atoms with van der Waals surface area (Å²) in [6.45, 7) is 0. The monoisotopic (exact) mass is 163 g/mol. The number of rotatable bonds is 0. The van der Waals surface area contributed by atoms with Crippen molar-refractivity contribution in [1.29, 1.82) is 0 Å². The minimum atomic E-state index is 0.783. The molecule has 1 saturated carbocycles. The lowest BCUT2D eigenvalue weighted by atomic mass is 9.66. The van der Waals surface area contributed by atoms with Crippen molar-refractivity contribution in [2.75, 3.05) is 7.05 Å². The second-order valence-corrected chi connectivity index (χ2v) is 4.69. The summed E-state index contributed by atoms with van der Waals surface area (Å²) in [7, 11) is 2.31. The summed E-state index contributed by atoms with van der Waals surface area (Å²) in [5.41, 5.74) is 0. The molecule has 1 heteroatoms. The molecule has 4 unspecified atom stereocenters. The van der Waals surface area contributed by atoms with E-state index in [1.165, 1.54) is 25.7 Å². The average molecular weight is 163 g/mol. The zero-order valence-electron chi connectivity index (χ0n) is 7.74. The minimum absolute atomic E-state index is 0.783. The first-order chi connectivity index (χ1) is 5.86. The Morgan fingerprint density at radius 2 is 2.17 bits per heavy atom. The fourth-order valence-corrected chi connectivity index (χ4v) is 3.52. The van der Waals surface area contributed by atoms with Gasteiger partial charge in [0, 0.05) is 12.1 Å². The summed E-state index contributed by atoms with van der Waals surface area (Å²) in [5, 5.41) is 0. The number of likely N-dealkylation sites (N-methyl/N-ethyl adjacent to an activating group) is 1. The smallest absolute Gasteiger partial charge is 0.0281 e. The molecule has 0 aromatic heterocycles. The summed E-state index contributed by atoms with van der Waals surface area (Å²) in [6.07, 6.45) is 10.8. The van der Waals surface area contributed by atoms with Crippen LogP contribution in [0.4, 0.5) is 0 Å². The normalized spacial score (nSPS) is 51.4. The summed E-state index contributed by atoms with van der Waals surface area (Å²) in [5.74, 6) is 1.95. The SMILES string of the molecule is CN1C2C=CC3C(CCCC31)C2. The number of nitrogens with zero attached hydrogens (tertiary/aromatic N) is 1. The van der Waals surface area contributed by atoms with Crippen molar-refractivity contribution in [1.82, 2.24) is 4.90 Å². The van der Waals surface area contributed by atoms with Crippen molar-refractivity contribution in [2.45, 2.75) is 37.8 Å². The average Bonchev–Trinajstić information content (AvgIpc) is 2.13. The zero-order valence-corrected chi connectivity index (χ0v) is 7.74. The van der Waals surface area contributed by atoms with Crippen LogP contribution in [0.15, 0.2) is 12.2 Å². The molecule has 12 heavy (non-hydrogen) atoms. The van der Waals surface area contributed by atoms with Gasteiger partial charge in [-0.1, -0.05) is 18.6 Å². The van der Waals surface area contributed by atoms with Crippen molar-refractivity contribution >= 4 is 0 Å². The highest BCUT2D eigenvalue weighted by Crippen LogP contribution is 2.45. The molecule has 0 amide bonds. The molecule has 1 saturated heterocycles. The highest BCUT2D eigenvalue weighted by Gasteiger charge is 2.44. The maximum atomic E-state index is 2.61. The van der Waals surface area contributed by atoms with Gasteiger partial charge in [0.2, 0.25) is 0 Å². The molecule has 1 nitrogen and oxygen atoms in total. The van der Waals surface area contributed by atoms with Crippen molar-refractivity contribution in [2.24, 2.45) is 11.8 Å². The van der Waals surface area contributed by atoms with Crippen LogP contribution in [0.25, 0.3) is 0 Å². The van der Waals surface area contributed by atoms with Gasteiger partial charge in [0.05, 0.1) is 0 Å². The Balaban J connectivity index is 1.98. The Morgan fingerprint density at radius 3 is 3.00 bits per heavy atom. The van der Waals surface area contributed by atoms with Crippen LogP contribution in [-0.2, 0) is 0 Å². The van der Waals surface area contributed by atoms with Crippen LogP contribution >= 0.6 is 0 Å². The van der Waals surface area contributed by atoms with Crippen molar-refractivity contribution < 1.29 is 0 Å². The van der Waals surface area contributed by atoms with E-state index in [4.69, 9.17) is 0 Å². The Morgan fingerprint density at radius 1 is 1.25 bits per heavy atom. The van der Waals surface area contributed by atoms with Gasteiger partial charge in [-0.2, -0.15) is 0 Å². The van der Waals surface area contributed by atoms with Crippen LogP contribution in [0, 0.1) is 11.8 Å². The molecule has 0 spiro atoms. The van der Waals surface area contributed by atoms with Crippen molar-refractivity contribution in [3.05, 3.63) is 12.2 Å². The third-order valence-corrected chi connectivity index (χ3v) is 4.21. The van der Waals surface area contributed by atoms with E-state index in [1.54, 1.807) is 0 Å². The van der Waals surface area contributed by atoms with Gasteiger partial charge in [0.25, 0.3) is 0 Å². The number of piperidine rings is 1. The summed E-state index contributed by atoms with van der Waals surface area (Å²) >= 11 is 0. The number of hydrogen-bond acceptors (Lipinski definition) is 1. The van der Waals surface area contributed by atoms with Gasteiger partial charge < -0.3 is 0 Å². The predicted molar refractivity (Wildman–Crippen MR) is 49.9 cm³/mol. The van der Waals surface area contributed by atoms with Crippen LogP contribution in [0.2, 0.25) is 0 Å². The molecule has 0 aromatic carbocycles. The van der Waals surface area contributed by atoms with Crippen LogP contribution in [0.1, 0.15) is 25.7 Å². The van der Waals surface area contributed by atoms with E-state index in [0.717, 1.165) is 23.9 Å². The van der Waals surface area contributed by atoms with Crippen LogP contribution in [-0.4, -0.2) is 24.0 Å². The Bertz CT molecular complexity index is 221. The Hall–Kier alpha value is -0.300. The van der Waals surface area contributed by atoms with Crippen LogP contribution < -0.4 is 0 Å². The van der Waals surface area contributed by atoms with E-state index in [0.29, 0.717) is 0 Å². The van der Waals surface area contributed by atoms with Gasteiger partial charge in [-0.05, 0) is 38.1 Å². The van der Waals surface area contributed by atoms with E-state index < -0.39 is 0 Å². The minimum Gasteiger partial charge on any atom is -0.296 e. The van der Waals surface area contributed by atoms with E-state index in [2.05, 4.69) is 24.1 Å². The van der Waals surface area contributed by atoms with Crippen molar-refractivity contribution in [3.8, 4) is 0 Å². The lowest BCUT2D eigenvalue weighted by molar-refractivity contribution is 0.0124. The van der Waals surface area contributed by atoms with Gasteiger partial charge in [-0.15, -0.1) is 0 Å². The largest absolute Gasteiger partial charge is 0.296 e. The topological polar surface area (TPSA) is 3.24 Å². The summed E-state index contributed by atoms with van der Waals surface area (Å²) < 4.78 is 0. The second kappa shape index (κ2) is 2.35. The molecule has 4 bridgehead atoms. The number of hydrogen-bond donors (Lipinski definition) is 0. The molecular weight excluding hydrogens is 146 g/mol. The third-order valence-electron chi connectivity index (χ3n) is 4.21. The first kappa shape index (κ1) is 7.14. The van der Waals surface area contributed by atoms with E-state index in [9.17, 15) is 0 Å². The molecule has 0 aromatic rings. The Kier molecular flexibility index (Phi) is 1.40. The second-order valence-electron chi connectivity index (χ2n) is 4.69. The molecule has 66 valence electrons. The molecule has 4 rings (SSSR count). The third kappa shape index (κ3) is 0.779. The van der Waals surface area contributed by atoms with E-state index in [-0.39, 0.29) is 0 Å². The molecule has 2 aliphatic heterocycles. The lowest BCUT2D eigenvalue weighted by Gasteiger charge is -2.53. The maximum Gasteiger partial charge on any atom is 0.0281 e. The zero-order chi connectivity index (χ0) is 8.13. The first-order valence-corrected chi connectivity index (χ1v) is 5.26. The van der Waals surface area contributed by atoms with E-state index >= 15 is 0 Å². The molecule has 0 N–H and O–H groups in total. The Labute approximate surface area is 74.4 Å². The van der Waals surface area contributed by atoms with Crippen LogP contribution in [0.3, 0.4) is 0 Å². The molecule has 2 fully saturated rings. The quantitative estimate of drug-likeness (QED) is 0.494. The predicted octanol–water partition coefficient (Wildman–Crippen LogP) is 2.05. The maximum absolute atomic E-state index is 2.61. The first-order valence-electron chi connectivity index (χ1n) is 5.26. The van der Waals surface area contributed by atoms with Gasteiger partial charge in [0.1, 0.15) is 0 Å². The molecule has 4 atom stereocenters. The highest BCUT2D eigenvalue weighted by molar-refractivity contribution is 5.15. The fraction of sp³-hybridized carbons (Fsp3) is 0.818. The molecule has 2 heterocycles. The standard InChI is InChI=1S/C11H17N/c1-12-9-5-6-10-8(7-9)3-2-4-11(10)12/h5-6,8-11H,2-4,7H2,1H3.